The maximum atomic E-state index is 14.5. The van der Waals surface area contributed by atoms with Gasteiger partial charge in [-0.15, -0.1) is 0 Å². The number of benzene rings is 4. The van der Waals surface area contributed by atoms with Gasteiger partial charge in [-0.1, -0.05) is 97.2 Å². The van der Waals surface area contributed by atoms with Crippen molar-refractivity contribution in [3.05, 3.63) is 129 Å². The molecular weight excluding hydrogens is 698 g/mol. The Labute approximate surface area is 294 Å². The molecule has 49 heavy (non-hydrogen) atoms. The van der Waals surface area contributed by atoms with Crippen LogP contribution in [0.15, 0.2) is 102 Å². The van der Waals surface area contributed by atoms with Crippen LogP contribution in [0.1, 0.15) is 36.1 Å². The third kappa shape index (κ3) is 9.99. The van der Waals surface area contributed by atoms with Crippen molar-refractivity contribution in [2.45, 2.75) is 50.9 Å². The highest BCUT2D eigenvalue weighted by molar-refractivity contribution is 7.92. The van der Waals surface area contributed by atoms with Gasteiger partial charge in [0.25, 0.3) is 10.0 Å². The minimum Gasteiger partial charge on any atom is -0.354 e. The number of amides is 2. The van der Waals surface area contributed by atoms with E-state index in [1.165, 1.54) is 29.2 Å². The molecule has 4 aromatic rings. The molecule has 0 aromatic heterocycles. The second kappa shape index (κ2) is 16.1. The van der Waals surface area contributed by atoms with E-state index in [2.05, 4.69) is 5.32 Å². The molecule has 0 unspecified atom stereocenters. The van der Waals surface area contributed by atoms with Gasteiger partial charge in [0.15, 0.2) is 0 Å². The number of sulfonamides is 1. The molecule has 0 heterocycles. The summed E-state index contributed by atoms with van der Waals surface area (Å²) in [5.41, 5.74) is 0.414. The highest BCUT2D eigenvalue weighted by Gasteiger charge is 2.36. The molecule has 13 heteroatoms. The predicted octanol–water partition coefficient (Wildman–Crippen LogP) is 7.93. The molecule has 0 saturated carbocycles. The van der Waals surface area contributed by atoms with Crippen LogP contribution in [0.25, 0.3) is 0 Å². The number of carbonyl (C=O) groups excluding carboxylic acids is 2. The quantitative estimate of drug-likeness (QED) is 0.151. The normalized spacial score (nSPS) is 12.4. The number of carbonyl (C=O) groups is 2. The first-order valence-electron chi connectivity index (χ1n) is 15.4. The molecule has 1 atom stereocenters. The van der Waals surface area contributed by atoms with E-state index in [0.29, 0.717) is 33.1 Å². The summed E-state index contributed by atoms with van der Waals surface area (Å²) in [4.78, 5) is 29.4. The van der Waals surface area contributed by atoms with Gasteiger partial charge < -0.3 is 10.2 Å². The van der Waals surface area contributed by atoms with Crippen LogP contribution in [0.3, 0.4) is 0 Å². The smallest absolute Gasteiger partial charge is 0.354 e. The molecule has 0 saturated heterocycles. The molecule has 4 aromatic carbocycles. The van der Waals surface area contributed by atoms with E-state index < -0.39 is 46.2 Å². The van der Waals surface area contributed by atoms with E-state index in [1.54, 1.807) is 61.5 Å². The molecule has 0 aliphatic carbocycles. The van der Waals surface area contributed by atoms with Crippen molar-refractivity contribution in [3.63, 3.8) is 0 Å². The van der Waals surface area contributed by atoms with Crippen molar-refractivity contribution in [2.24, 2.45) is 5.92 Å². The number of nitrogens with zero attached hydrogens (tertiary/aromatic N) is 2. The minimum atomic E-state index is -4.79. The number of alkyl halides is 3. The fraction of sp³-hybridized carbons (Fsp3) is 0.278. The number of nitrogens with one attached hydrogen (secondary N) is 1. The molecule has 0 aliphatic heterocycles. The lowest BCUT2D eigenvalue weighted by Crippen LogP contribution is -2.53. The number of aryl methyl sites for hydroxylation is 1. The summed E-state index contributed by atoms with van der Waals surface area (Å²) in [6.07, 6.45) is -4.73. The van der Waals surface area contributed by atoms with E-state index in [1.807, 2.05) is 13.8 Å². The molecule has 0 radical (unpaired) electrons. The van der Waals surface area contributed by atoms with Gasteiger partial charge in [0.2, 0.25) is 11.8 Å². The lowest BCUT2D eigenvalue weighted by Gasteiger charge is -2.34. The number of anilines is 1. The molecule has 0 aliphatic rings. The summed E-state index contributed by atoms with van der Waals surface area (Å²) in [6, 6.07) is 21.9. The van der Waals surface area contributed by atoms with Crippen LogP contribution < -0.4 is 9.62 Å². The van der Waals surface area contributed by atoms with Crippen LogP contribution >= 0.6 is 23.2 Å². The van der Waals surface area contributed by atoms with Gasteiger partial charge >= 0.3 is 6.18 Å². The zero-order chi connectivity index (χ0) is 35.9. The van der Waals surface area contributed by atoms with Crippen LogP contribution in [-0.4, -0.2) is 44.3 Å². The third-order valence-corrected chi connectivity index (χ3v) is 10.0. The van der Waals surface area contributed by atoms with Crippen molar-refractivity contribution >= 4 is 50.7 Å². The van der Waals surface area contributed by atoms with Crippen molar-refractivity contribution in [1.29, 1.82) is 0 Å². The lowest BCUT2D eigenvalue weighted by molar-refractivity contribution is -0.140. The Morgan fingerprint density at radius 3 is 2.16 bits per heavy atom. The van der Waals surface area contributed by atoms with Crippen molar-refractivity contribution in [2.75, 3.05) is 17.4 Å². The summed E-state index contributed by atoms with van der Waals surface area (Å²) in [5, 5.41) is 3.41. The van der Waals surface area contributed by atoms with Gasteiger partial charge in [-0.25, -0.2) is 8.42 Å². The number of halogens is 5. The van der Waals surface area contributed by atoms with Crippen LogP contribution in [0.2, 0.25) is 10.0 Å². The van der Waals surface area contributed by atoms with Gasteiger partial charge in [-0.3, -0.25) is 13.9 Å². The lowest BCUT2D eigenvalue weighted by atomic mass is 10.0. The molecule has 0 fully saturated rings. The predicted molar refractivity (Wildman–Crippen MR) is 186 cm³/mol. The molecule has 1 N–H and O–H groups in total. The van der Waals surface area contributed by atoms with E-state index >= 15 is 0 Å². The van der Waals surface area contributed by atoms with Crippen molar-refractivity contribution < 1.29 is 31.2 Å². The maximum absolute atomic E-state index is 14.5. The summed E-state index contributed by atoms with van der Waals surface area (Å²) in [5.74, 6) is -1.27. The Balaban J connectivity index is 1.86. The fourth-order valence-corrected chi connectivity index (χ4v) is 6.89. The van der Waals surface area contributed by atoms with Crippen molar-refractivity contribution in [1.82, 2.24) is 10.2 Å². The Bertz CT molecular complexity index is 1870. The van der Waals surface area contributed by atoms with Gasteiger partial charge in [0.05, 0.1) is 16.1 Å². The van der Waals surface area contributed by atoms with E-state index in [4.69, 9.17) is 23.2 Å². The highest BCUT2D eigenvalue weighted by atomic mass is 35.5. The first kappa shape index (κ1) is 37.8. The molecule has 7 nitrogen and oxygen atoms in total. The van der Waals surface area contributed by atoms with Gasteiger partial charge in [0.1, 0.15) is 12.6 Å². The highest BCUT2D eigenvalue weighted by Crippen LogP contribution is 2.34. The summed E-state index contributed by atoms with van der Waals surface area (Å²) < 4.78 is 70.4. The standard InChI is InChI=1S/C36H36Cl2F3N3O4S/c1-24(2)21-42-35(46)33(18-26-8-5-4-6-9-26)43(22-27-14-15-29(37)20-32(27)38)34(45)23-44(30-11-7-10-28(19-30)36(39,40)41)49(47,48)31-16-12-25(3)13-17-31/h4-17,19-20,24,33H,18,21-23H2,1-3H3,(H,42,46)/t33-/m0/s1. The second-order valence-electron chi connectivity index (χ2n) is 12.0. The second-order valence-corrected chi connectivity index (χ2v) is 14.7. The summed E-state index contributed by atoms with van der Waals surface area (Å²) in [7, 11) is -4.60. The number of rotatable bonds is 13. The van der Waals surface area contributed by atoms with Gasteiger partial charge in [-0.05, 0) is 66.4 Å². The number of hydrogen-bond donors (Lipinski definition) is 1. The van der Waals surface area contributed by atoms with Crippen LogP contribution in [0.5, 0.6) is 0 Å². The molecule has 0 bridgehead atoms. The fourth-order valence-electron chi connectivity index (χ4n) is 5.01. The molecule has 0 spiro atoms. The Hall–Kier alpha value is -4.06. The zero-order valence-corrected chi connectivity index (χ0v) is 29.4. The molecular formula is C36H36Cl2F3N3O4S. The largest absolute Gasteiger partial charge is 0.416 e. The Kier molecular flexibility index (Phi) is 12.4. The third-order valence-electron chi connectivity index (χ3n) is 7.66. The van der Waals surface area contributed by atoms with E-state index in [-0.39, 0.29) is 34.5 Å². The average molecular weight is 735 g/mol. The van der Waals surface area contributed by atoms with E-state index in [0.717, 1.165) is 17.7 Å². The summed E-state index contributed by atoms with van der Waals surface area (Å²) in [6.45, 7) is 4.71. The van der Waals surface area contributed by atoms with Gasteiger partial charge in [-0.2, -0.15) is 13.2 Å². The zero-order valence-electron chi connectivity index (χ0n) is 27.0. The molecule has 260 valence electrons. The van der Waals surface area contributed by atoms with Crippen LogP contribution in [-0.2, 0) is 38.8 Å². The van der Waals surface area contributed by atoms with Crippen LogP contribution in [0.4, 0.5) is 18.9 Å². The van der Waals surface area contributed by atoms with E-state index in [9.17, 15) is 31.2 Å². The van der Waals surface area contributed by atoms with Crippen molar-refractivity contribution in [3.8, 4) is 0 Å². The Morgan fingerprint density at radius 2 is 1.55 bits per heavy atom. The first-order chi connectivity index (χ1) is 23.1. The topological polar surface area (TPSA) is 86.8 Å². The molecule has 4 rings (SSSR count). The monoisotopic (exact) mass is 733 g/mol. The number of hydrogen-bond acceptors (Lipinski definition) is 4. The Morgan fingerprint density at radius 1 is 0.878 bits per heavy atom. The molecule has 2 amide bonds. The average Bonchev–Trinajstić information content (AvgIpc) is 3.05. The first-order valence-corrected chi connectivity index (χ1v) is 17.6. The minimum absolute atomic E-state index is 0.0516. The maximum Gasteiger partial charge on any atom is 0.416 e. The van der Waals surface area contributed by atoms with Crippen LogP contribution in [0, 0.1) is 12.8 Å². The van der Waals surface area contributed by atoms with Gasteiger partial charge in [0, 0.05) is 29.6 Å². The summed E-state index contributed by atoms with van der Waals surface area (Å²) >= 11 is 12.6. The SMILES string of the molecule is Cc1ccc(S(=O)(=O)N(CC(=O)N(Cc2ccc(Cl)cc2Cl)[C@@H](Cc2ccccc2)C(=O)NCC(C)C)c2cccc(C(F)(F)F)c2)cc1.